The zero-order valence-corrected chi connectivity index (χ0v) is 10.4. The molecule has 1 aliphatic heterocycles. The fourth-order valence-electron chi connectivity index (χ4n) is 1.63. The van der Waals surface area contributed by atoms with Crippen LogP contribution in [0.3, 0.4) is 0 Å². The molecule has 17 heavy (non-hydrogen) atoms. The predicted molar refractivity (Wildman–Crippen MR) is 65.9 cm³/mol. The Bertz CT molecular complexity index is 376. The number of anilines is 1. The molecule has 6 nitrogen and oxygen atoms in total. The van der Waals surface area contributed by atoms with Gasteiger partial charge in [0, 0.05) is 26.2 Å². The number of aromatic nitrogens is 2. The Balaban J connectivity index is 0.00000144. The normalized spacial score (nSPS) is 16.4. The van der Waals surface area contributed by atoms with E-state index < -0.39 is 5.97 Å². The van der Waals surface area contributed by atoms with E-state index in [1.807, 2.05) is 0 Å². The second-order valence-electron chi connectivity index (χ2n) is 3.86. The molecule has 1 fully saturated rings. The van der Waals surface area contributed by atoms with Crippen LogP contribution in [-0.2, 0) is 0 Å². The maximum Gasteiger partial charge on any atom is 0.356 e. The van der Waals surface area contributed by atoms with E-state index in [1.54, 1.807) is 0 Å². The lowest BCUT2D eigenvalue weighted by Crippen LogP contribution is -2.44. The molecule has 0 atom stereocenters. The van der Waals surface area contributed by atoms with Crippen molar-refractivity contribution in [2.24, 2.45) is 0 Å². The van der Waals surface area contributed by atoms with Crippen LogP contribution in [0, 0.1) is 0 Å². The molecule has 94 valence electrons. The lowest BCUT2D eigenvalue weighted by atomic mass is 10.3. The lowest BCUT2D eigenvalue weighted by Gasteiger charge is -2.32. The van der Waals surface area contributed by atoms with Gasteiger partial charge in [-0.3, -0.25) is 0 Å². The number of nitrogens with zero attached hydrogens (tertiary/aromatic N) is 4. The molecule has 0 aromatic carbocycles. The van der Waals surface area contributed by atoms with Gasteiger partial charge in [-0.2, -0.15) is 0 Å². The fraction of sp³-hybridized carbons (Fsp3) is 0.500. The van der Waals surface area contributed by atoms with Crippen molar-refractivity contribution in [2.75, 3.05) is 38.1 Å². The summed E-state index contributed by atoms with van der Waals surface area (Å²) in [4.78, 5) is 22.9. The van der Waals surface area contributed by atoms with Crippen LogP contribution in [0.15, 0.2) is 12.4 Å². The Morgan fingerprint density at radius 1 is 1.24 bits per heavy atom. The molecule has 0 amide bonds. The van der Waals surface area contributed by atoms with Gasteiger partial charge in [0.2, 0.25) is 0 Å². The molecule has 0 spiro atoms. The van der Waals surface area contributed by atoms with Gasteiger partial charge in [0.15, 0.2) is 5.69 Å². The van der Waals surface area contributed by atoms with Crippen molar-refractivity contribution in [3.8, 4) is 0 Å². The summed E-state index contributed by atoms with van der Waals surface area (Å²) in [7, 11) is 2.08. The summed E-state index contributed by atoms with van der Waals surface area (Å²) in [5.74, 6) is -0.296. The number of carboxylic acids is 1. The van der Waals surface area contributed by atoms with Crippen LogP contribution in [0.4, 0.5) is 5.82 Å². The van der Waals surface area contributed by atoms with Gasteiger partial charge in [0.05, 0.1) is 12.4 Å². The van der Waals surface area contributed by atoms with Gasteiger partial charge in [-0.25, -0.2) is 14.8 Å². The van der Waals surface area contributed by atoms with Crippen LogP contribution < -0.4 is 4.90 Å². The van der Waals surface area contributed by atoms with Crippen molar-refractivity contribution in [2.45, 2.75) is 0 Å². The molecule has 0 bridgehead atoms. The minimum Gasteiger partial charge on any atom is -0.476 e. The molecule has 1 saturated heterocycles. The van der Waals surface area contributed by atoms with Gasteiger partial charge in [-0.15, -0.1) is 12.4 Å². The summed E-state index contributed by atoms with van der Waals surface area (Å²) in [6, 6.07) is 0. The third-order valence-corrected chi connectivity index (χ3v) is 2.68. The summed E-state index contributed by atoms with van der Waals surface area (Å²) < 4.78 is 0. The van der Waals surface area contributed by atoms with Crippen LogP contribution in [0.1, 0.15) is 10.5 Å². The number of hydrogen-bond acceptors (Lipinski definition) is 5. The Hall–Kier alpha value is -1.40. The average Bonchev–Trinajstić information content (AvgIpc) is 2.30. The van der Waals surface area contributed by atoms with Crippen LogP contribution in [0.2, 0.25) is 0 Å². The Morgan fingerprint density at radius 3 is 2.35 bits per heavy atom. The first-order chi connectivity index (χ1) is 7.66. The zero-order valence-electron chi connectivity index (χ0n) is 9.54. The van der Waals surface area contributed by atoms with Crippen LogP contribution in [0.25, 0.3) is 0 Å². The lowest BCUT2D eigenvalue weighted by molar-refractivity contribution is 0.0690. The Labute approximate surface area is 106 Å². The van der Waals surface area contributed by atoms with Crippen molar-refractivity contribution in [3.05, 3.63) is 18.1 Å². The maximum atomic E-state index is 10.6. The fourth-order valence-corrected chi connectivity index (χ4v) is 1.63. The molecule has 0 unspecified atom stereocenters. The van der Waals surface area contributed by atoms with Crippen molar-refractivity contribution < 1.29 is 9.90 Å². The molecule has 0 saturated carbocycles. The highest BCUT2D eigenvalue weighted by Crippen LogP contribution is 2.11. The number of carboxylic acid groups (broad SMARTS) is 1. The minimum atomic E-state index is -1.04. The summed E-state index contributed by atoms with van der Waals surface area (Å²) >= 11 is 0. The highest BCUT2D eigenvalue weighted by Gasteiger charge is 2.16. The number of halogens is 1. The second-order valence-corrected chi connectivity index (χ2v) is 3.86. The number of rotatable bonds is 2. The minimum absolute atomic E-state index is 0. The van der Waals surface area contributed by atoms with E-state index in [4.69, 9.17) is 5.11 Å². The molecule has 2 rings (SSSR count). The van der Waals surface area contributed by atoms with Gasteiger partial charge < -0.3 is 14.9 Å². The summed E-state index contributed by atoms with van der Waals surface area (Å²) in [5, 5.41) is 8.70. The monoisotopic (exact) mass is 258 g/mol. The number of aromatic carboxylic acids is 1. The molecule has 7 heteroatoms. The van der Waals surface area contributed by atoms with E-state index in [1.165, 1.54) is 12.4 Å². The highest BCUT2D eigenvalue weighted by atomic mass is 35.5. The van der Waals surface area contributed by atoms with Crippen molar-refractivity contribution in [3.63, 3.8) is 0 Å². The maximum absolute atomic E-state index is 10.6. The molecule has 1 aromatic heterocycles. The first-order valence-electron chi connectivity index (χ1n) is 5.15. The van der Waals surface area contributed by atoms with Crippen LogP contribution in [-0.4, -0.2) is 59.2 Å². The SMILES string of the molecule is CN1CCN(c2cnc(C(=O)O)cn2)CC1.Cl. The molecule has 1 aliphatic rings. The van der Waals surface area contributed by atoms with Crippen LogP contribution >= 0.6 is 12.4 Å². The van der Waals surface area contributed by atoms with E-state index in [2.05, 4.69) is 26.8 Å². The zero-order chi connectivity index (χ0) is 11.5. The van der Waals surface area contributed by atoms with Crippen molar-refractivity contribution in [1.82, 2.24) is 14.9 Å². The van der Waals surface area contributed by atoms with E-state index in [9.17, 15) is 4.79 Å². The number of piperazine rings is 1. The summed E-state index contributed by atoms with van der Waals surface area (Å²) in [6.45, 7) is 3.78. The third kappa shape index (κ3) is 3.28. The predicted octanol–water partition coefficient (Wildman–Crippen LogP) is 0.348. The molecule has 1 N–H and O–H groups in total. The molecule has 0 aliphatic carbocycles. The number of likely N-dealkylation sites (N-methyl/N-ethyl adjacent to an activating group) is 1. The van der Waals surface area contributed by atoms with E-state index in [0.717, 1.165) is 32.0 Å². The number of hydrogen-bond donors (Lipinski definition) is 1. The van der Waals surface area contributed by atoms with Gasteiger partial charge in [-0.1, -0.05) is 0 Å². The van der Waals surface area contributed by atoms with Crippen molar-refractivity contribution >= 4 is 24.2 Å². The Morgan fingerprint density at radius 2 is 1.88 bits per heavy atom. The molecule has 2 heterocycles. The van der Waals surface area contributed by atoms with E-state index in [0.29, 0.717) is 0 Å². The largest absolute Gasteiger partial charge is 0.476 e. The standard InChI is InChI=1S/C10H14N4O2.ClH/c1-13-2-4-14(5-3-13)9-7-11-8(6-12-9)10(15)16;/h6-7H,2-5H2,1H3,(H,15,16);1H. The Kier molecular flexibility index (Phi) is 4.65. The van der Waals surface area contributed by atoms with E-state index in [-0.39, 0.29) is 18.1 Å². The average molecular weight is 259 g/mol. The molecule has 1 aromatic rings. The van der Waals surface area contributed by atoms with Gasteiger partial charge in [0.1, 0.15) is 5.82 Å². The highest BCUT2D eigenvalue weighted by molar-refractivity contribution is 5.85. The van der Waals surface area contributed by atoms with Gasteiger partial charge in [0.25, 0.3) is 0 Å². The third-order valence-electron chi connectivity index (χ3n) is 2.68. The van der Waals surface area contributed by atoms with Gasteiger partial charge in [-0.05, 0) is 7.05 Å². The smallest absolute Gasteiger partial charge is 0.356 e. The van der Waals surface area contributed by atoms with Gasteiger partial charge >= 0.3 is 5.97 Å². The van der Waals surface area contributed by atoms with E-state index >= 15 is 0 Å². The second kappa shape index (κ2) is 5.79. The molecular weight excluding hydrogens is 244 g/mol. The quantitative estimate of drug-likeness (QED) is 0.826. The molecular formula is C10H15ClN4O2. The number of carbonyl (C=O) groups is 1. The van der Waals surface area contributed by atoms with Crippen LogP contribution in [0.5, 0.6) is 0 Å². The first kappa shape index (κ1) is 13.7. The topological polar surface area (TPSA) is 69.6 Å². The summed E-state index contributed by atoms with van der Waals surface area (Å²) in [5.41, 5.74) is -0.0159. The van der Waals surface area contributed by atoms with Crippen molar-refractivity contribution in [1.29, 1.82) is 0 Å². The first-order valence-corrected chi connectivity index (χ1v) is 5.15. The molecule has 0 radical (unpaired) electrons. The summed E-state index contributed by atoms with van der Waals surface area (Å²) in [6.07, 6.45) is 2.82.